The van der Waals surface area contributed by atoms with E-state index in [4.69, 9.17) is 41.3 Å². The topological polar surface area (TPSA) is 252 Å². The van der Waals surface area contributed by atoms with Crippen LogP contribution in [-0.2, 0) is 18.9 Å². The van der Waals surface area contributed by atoms with Crippen LogP contribution >= 0.6 is 0 Å². The number of rotatable bonds is 13. The highest BCUT2D eigenvalue weighted by molar-refractivity contribution is 5.05. The van der Waals surface area contributed by atoms with Crippen molar-refractivity contribution in [2.75, 3.05) is 46.4 Å². The van der Waals surface area contributed by atoms with E-state index in [2.05, 4.69) is 16.0 Å². The maximum atomic E-state index is 11.5. The van der Waals surface area contributed by atoms with Crippen LogP contribution in [0.2, 0.25) is 0 Å². The Hall–Kier alpha value is -1.02. The molecule has 0 radical (unpaired) electrons. The van der Waals surface area contributed by atoms with Crippen molar-refractivity contribution in [3.05, 3.63) is 11.8 Å². The van der Waals surface area contributed by atoms with Gasteiger partial charge in [0.25, 0.3) is 0 Å². The SMILES string of the molecule is CN[C@@H]1[C@@H](O)[C@@H](O[C@H]2[C@H](NCC(O)CN)C[C@H](N)C(O[C@H]3OC(CNCCO)=CC[C@H]3N)[C@@H]2O)OC[C@]1(C)O. The van der Waals surface area contributed by atoms with E-state index in [-0.39, 0.29) is 32.7 Å². The van der Waals surface area contributed by atoms with E-state index in [1.807, 2.05) is 6.08 Å². The van der Waals surface area contributed by atoms with Gasteiger partial charge in [-0.1, -0.05) is 0 Å². The molecular weight excluding hydrogens is 516 g/mol. The monoisotopic (exact) mass is 564 g/mol. The summed E-state index contributed by atoms with van der Waals surface area (Å²) in [7, 11) is 1.61. The van der Waals surface area contributed by atoms with E-state index >= 15 is 0 Å². The van der Waals surface area contributed by atoms with Gasteiger partial charge >= 0.3 is 0 Å². The minimum absolute atomic E-state index is 0.0131. The van der Waals surface area contributed by atoms with Crippen LogP contribution in [0.1, 0.15) is 19.8 Å². The number of hydrogen-bond acceptors (Lipinski definition) is 15. The molecule has 2 unspecified atom stereocenters. The summed E-state index contributed by atoms with van der Waals surface area (Å²) in [5, 5.41) is 61.0. The van der Waals surface area contributed by atoms with E-state index in [0.29, 0.717) is 25.3 Å². The van der Waals surface area contributed by atoms with Gasteiger partial charge in [0.15, 0.2) is 6.29 Å². The van der Waals surface area contributed by atoms with E-state index in [1.165, 1.54) is 0 Å². The number of aliphatic hydroxyl groups is 5. The first-order valence-electron chi connectivity index (χ1n) is 13.5. The summed E-state index contributed by atoms with van der Waals surface area (Å²) in [4.78, 5) is 0. The lowest BCUT2D eigenvalue weighted by atomic mass is 9.83. The fraction of sp³-hybridized carbons (Fsp3) is 0.917. The van der Waals surface area contributed by atoms with Crippen molar-refractivity contribution in [2.24, 2.45) is 17.2 Å². The molecule has 14 N–H and O–H groups in total. The third-order valence-electron chi connectivity index (χ3n) is 7.45. The molecule has 3 aliphatic rings. The maximum absolute atomic E-state index is 11.5. The highest BCUT2D eigenvalue weighted by atomic mass is 16.7. The predicted molar refractivity (Wildman–Crippen MR) is 140 cm³/mol. The Kier molecular flexibility index (Phi) is 12.3. The molecule has 228 valence electrons. The summed E-state index contributed by atoms with van der Waals surface area (Å²) in [6.07, 6.45) is -4.79. The second-order valence-corrected chi connectivity index (χ2v) is 10.7. The summed E-state index contributed by atoms with van der Waals surface area (Å²) in [5.74, 6) is 0.598. The Morgan fingerprint density at radius 1 is 1.15 bits per heavy atom. The molecule has 0 aromatic rings. The van der Waals surface area contributed by atoms with Gasteiger partial charge in [-0.25, -0.2) is 0 Å². The number of ether oxygens (including phenoxy) is 4. The molecule has 12 atom stereocenters. The van der Waals surface area contributed by atoms with Crippen LogP contribution in [-0.4, -0.2) is 145 Å². The van der Waals surface area contributed by atoms with Crippen molar-refractivity contribution in [1.82, 2.24) is 16.0 Å². The van der Waals surface area contributed by atoms with E-state index in [0.717, 1.165) is 0 Å². The van der Waals surface area contributed by atoms with Crippen LogP contribution in [0.15, 0.2) is 11.8 Å². The van der Waals surface area contributed by atoms with Gasteiger partial charge in [-0.3, -0.25) is 0 Å². The molecule has 3 rings (SSSR count). The van der Waals surface area contributed by atoms with E-state index in [1.54, 1.807) is 14.0 Å². The van der Waals surface area contributed by atoms with Crippen LogP contribution in [0.4, 0.5) is 0 Å². The summed E-state index contributed by atoms with van der Waals surface area (Å²) in [6, 6.07) is -2.48. The van der Waals surface area contributed by atoms with Gasteiger partial charge in [-0.05, 0) is 32.9 Å². The van der Waals surface area contributed by atoms with Crippen molar-refractivity contribution < 1.29 is 44.5 Å². The third kappa shape index (κ3) is 8.27. The van der Waals surface area contributed by atoms with Gasteiger partial charge in [-0.2, -0.15) is 0 Å². The fourth-order valence-electron chi connectivity index (χ4n) is 5.24. The Morgan fingerprint density at radius 3 is 2.54 bits per heavy atom. The number of nitrogens with two attached hydrogens (primary N) is 3. The van der Waals surface area contributed by atoms with Crippen LogP contribution in [0.3, 0.4) is 0 Å². The first-order chi connectivity index (χ1) is 18.5. The molecule has 1 aliphatic carbocycles. The molecule has 1 saturated heterocycles. The van der Waals surface area contributed by atoms with Crippen LogP contribution < -0.4 is 33.2 Å². The summed E-state index contributed by atoms with van der Waals surface area (Å²) >= 11 is 0. The van der Waals surface area contributed by atoms with Crippen LogP contribution in [0, 0.1) is 0 Å². The Bertz CT molecular complexity index is 780. The van der Waals surface area contributed by atoms with E-state index < -0.39 is 72.9 Å². The average molecular weight is 565 g/mol. The third-order valence-corrected chi connectivity index (χ3v) is 7.45. The zero-order valence-corrected chi connectivity index (χ0v) is 22.7. The fourth-order valence-corrected chi connectivity index (χ4v) is 5.24. The van der Waals surface area contributed by atoms with Crippen LogP contribution in [0.25, 0.3) is 0 Å². The molecule has 0 aromatic heterocycles. The second-order valence-electron chi connectivity index (χ2n) is 10.7. The zero-order valence-electron chi connectivity index (χ0n) is 22.7. The first kappa shape index (κ1) is 32.5. The molecule has 0 bridgehead atoms. The van der Waals surface area contributed by atoms with Gasteiger partial charge in [-0.15, -0.1) is 0 Å². The van der Waals surface area contributed by atoms with Gasteiger partial charge in [0.1, 0.15) is 35.8 Å². The predicted octanol–water partition coefficient (Wildman–Crippen LogP) is -5.28. The normalized spacial score (nSPS) is 42.1. The zero-order chi connectivity index (χ0) is 28.7. The number of aliphatic hydroxyl groups excluding tert-OH is 4. The standard InChI is InChI=1S/C24H48N6O9/c1-24(35)11-36-23(18(34)21(24)28-2)39-20-16(30-9-12(32)8-25)7-15(27)19(17(20)33)38-22-14(26)4-3-13(37-22)10-29-5-6-31/h3,12,14-23,28-35H,4-11,25-27H2,1-2H3/t12?,14-,15+,16-,17+,18-,19?,20+,21-,22-,23-,24+/m1/s1. The molecular formula is C24H48N6O9. The summed E-state index contributed by atoms with van der Waals surface area (Å²) < 4.78 is 23.9. The Morgan fingerprint density at radius 2 is 1.87 bits per heavy atom. The summed E-state index contributed by atoms with van der Waals surface area (Å²) in [6.45, 7) is 2.35. The van der Waals surface area contributed by atoms with Crippen molar-refractivity contribution in [3.63, 3.8) is 0 Å². The minimum atomic E-state index is -1.35. The second kappa shape index (κ2) is 14.7. The van der Waals surface area contributed by atoms with Gasteiger partial charge in [0.05, 0.1) is 37.9 Å². The van der Waals surface area contributed by atoms with Gasteiger partial charge in [0.2, 0.25) is 6.29 Å². The quantitative estimate of drug-likeness (QED) is 0.0934. The van der Waals surface area contributed by atoms with E-state index in [9.17, 15) is 20.4 Å². The lowest BCUT2D eigenvalue weighted by Gasteiger charge is -2.49. The maximum Gasteiger partial charge on any atom is 0.215 e. The average Bonchev–Trinajstić information content (AvgIpc) is 2.89. The summed E-state index contributed by atoms with van der Waals surface area (Å²) in [5.41, 5.74) is 16.9. The van der Waals surface area contributed by atoms with Gasteiger partial charge < -0.3 is 77.6 Å². The number of likely N-dealkylation sites (N-methyl/N-ethyl adjacent to an activating group) is 1. The molecule has 15 nitrogen and oxygen atoms in total. The molecule has 2 heterocycles. The highest BCUT2D eigenvalue weighted by Gasteiger charge is 2.51. The minimum Gasteiger partial charge on any atom is -0.467 e. The van der Waals surface area contributed by atoms with Crippen molar-refractivity contribution >= 4 is 0 Å². The number of nitrogens with one attached hydrogen (secondary N) is 3. The first-order valence-corrected chi connectivity index (χ1v) is 13.5. The molecule has 2 fully saturated rings. The molecule has 15 heteroatoms. The highest BCUT2D eigenvalue weighted by Crippen LogP contribution is 2.32. The molecule has 1 saturated carbocycles. The van der Waals surface area contributed by atoms with Crippen LogP contribution in [0.5, 0.6) is 0 Å². The molecule has 2 aliphatic heterocycles. The lowest BCUT2D eigenvalue weighted by Crippen LogP contribution is -2.69. The molecule has 0 amide bonds. The van der Waals surface area contributed by atoms with Crippen molar-refractivity contribution in [1.29, 1.82) is 0 Å². The smallest absolute Gasteiger partial charge is 0.215 e. The Labute approximate surface area is 229 Å². The van der Waals surface area contributed by atoms with Gasteiger partial charge in [0, 0.05) is 31.7 Å². The lowest BCUT2D eigenvalue weighted by molar-refractivity contribution is -0.304. The van der Waals surface area contributed by atoms with Crippen molar-refractivity contribution in [3.8, 4) is 0 Å². The number of hydrogen-bond donors (Lipinski definition) is 11. The molecule has 39 heavy (non-hydrogen) atoms. The molecule has 0 spiro atoms. The largest absolute Gasteiger partial charge is 0.467 e. The Balaban J connectivity index is 1.75. The van der Waals surface area contributed by atoms with Crippen molar-refractivity contribution in [2.45, 2.75) is 92.6 Å². The molecule has 0 aromatic carbocycles.